The third kappa shape index (κ3) is 5.51. The Morgan fingerprint density at radius 2 is 2.20 bits per heavy atom. The number of guanidine groups is 1. The number of thioether (sulfide) groups is 1. The highest BCUT2D eigenvalue weighted by Gasteiger charge is 2.15. The van der Waals surface area contributed by atoms with E-state index in [9.17, 15) is 0 Å². The lowest BCUT2D eigenvalue weighted by atomic mass is 10.2. The Morgan fingerprint density at radius 1 is 1.36 bits per heavy atom. The van der Waals surface area contributed by atoms with Crippen LogP contribution in [0.25, 0.3) is 11.0 Å². The number of nitrogens with zero attached hydrogens (tertiary/aromatic N) is 3. The summed E-state index contributed by atoms with van der Waals surface area (Å²) < 4.78 is 2.26. The summed E-state index contributed by atoms with van der Waals surface area (Å²) in [7, 11) is 0. The summed E-state index contributed by atoms with van der Waals surface area (Å²) in [5.41, 5.74) is 2.26. The fourth-order valence-corrected chi connectivity index (χ4v) is 4.27. The van der Waals surface area contributed by atoms with Gasteiger partial charge in [0.05, 0.1) is 17.6 Å². The minimum Gasteiger partial charge on any atom is -0.357 e. The number of fused-ring (bicyclic) bond motifs is 1. The quantitative estimate of drug-likeness (QED) is 0.384. The molecule has 0 aliphatic carbocycles. The summed E-state index contributed by atoms with van der Waals surface area (Å²) in [4.78, 5) is 9.37. The highest BCUT2D eigenvalue weighted by atomic mass is 127. The molecule has 1 aromatic heterocycles. The number of hydrogen-bond acceptors (Lipinski definition) is 3. The molecule has 1 saturated heterocycles. The second-order valence-corrected chi connectivity index (χ2v) is 7.49. The molecular weight excluding hydrogens is 445 g/mol. The van der Waals surface area contributed by atoms with Crippen LogP contribution >= 0.6 is 35.7 Å². The summed E-state index contributed by atoms with van der Waals surface area (Å²) in [5.74, 6) is 3.27. The number of imidazole rings is 1. The van der Waals surface area contributed by atoms with Gasteiger partial charge in [-0.2, -0.15) is 11.8 Å². The lowest BCUT2D eigenvalue weighted by Crippen LogP contribution is -2.39. The zero-order valence-corrected chi connectivity index (χ0v) is 18.1. The Morgan fingerprint density at radius 3 is 2.96 bits per heavy atom. The van der Waals surface area contributed by atoms with Crippen LogP contribution in [0.1, 0.15) is 25.6 Å². The van der Waals surface area contributed by atoms with Crippen molar-refractivity contribution < 1.29 is 0 Å². The first kappa shape index (κ1) is 20.4. The van der Waals surface area contributed by atoms with Crippen molar-refractivity contribution in [3.05, 3.63) is 30.1 Å². The van der Waals surface area contributed by atoms with Crippen molar-refractivity contribution in [3.63, 3.8) is 0 Å². The van der Waals surface area contributed by atoms with Gasteiger partial charge in [-0.05, 0) is 44.6 Å². The molecule has 1 aromatic carbocycles. The number of benzene rings is 1. The summed E-state index contributed by atoms with van der Waals surface area (Å²) in [6.07, 6.45) is 2.63. The molecule has 1 aliphatic heterocycles. The maximum atomic E-state index is 4.75. The molecule has 0 amide bonds. The van der Waals surface area contributed by atoms with Crippen molar-refractivity contribution >= 4 is 52.7 Å². The monoisotopic (exact) mass is 473 g/mol. The molecule has 7 heteroatoms. The Kier molecular flexibility index (Phi) is 8.35. The second-order valence-electron chi connectivity index (χ2n) is 6.08. The van der Waals surface area contributed by atoms with Crippen molar-refractivity contribution in [2.75, 3.05) is 25.4 Å². The molecule has 1 fully saturated rings. The Labute approximate surface area is 171 Å². The number of aryl methyl sites for hydroxylation is 1. The molecule has 1 unspecified atom stereocenters. The van der Waals surface area contributed by atoms with Crippen LogP contribution in [-0.4, -0.2) is 46.1 Å². The first-order valence-electron chi connectivity index (χ1n) is 8.83. The zero-order chi connectivity index (χ0) is 16.8. The van der Waals surface area contributed by atoms with E-state index in [-0.39, 0.29) is 24.0 Å². The van der Waals surface area contributed by atoms with E-state index in [4.69, 9.17) is 4.99 Å². The van der Waals surface area contributed by atoms with Crippen LogP contribution in [0.3, 0.4) is 0 Å². The topological polar surface area (TPSA) is 54.2 Å². The van der Waals surface area contributed by atoms with E-state index >= 15 is 0 Å². The minimum atomic E-state index is 0. The lowest BCUT2D eigenvalue weighted by Gasteiger charge is -2.14. The van der Waals surface area contributed by atoms with Gasteiger partial charge in [-0.15, -0.1) is 24.0 Å². The van der Waals surface area contributed by atoms with Gasteiger partial charge in [0.2, 0.25) is 0 Å². The van der Waals surface area contributed by atoms with Gasteiger partial charge in [0.15, 0.2) is 5.96 Å². The number of para-hydroxylation sites is 2. The number of hydrogen-bond donors (Lipinski definition) is 2. The van der Waals surface area contributed by atoms with Crippen molar-refractivity contribution in [1.82, 2.24) is 20.2 Å². The maximum Gasteiger partial charge on any atom is 0.191 e. The average molecular weight is 473 g/mol. The number of rotatable bonds is 6. The fraction of sp³-hybridized carbons (Fsp3) is 0.556. The van der Waals surface area contributed by atoms with Crippen LogP contribution in [-0.2, 0) is 6.54 Å². The van der Waals surface area contributed by atoms with E-state index in [1.807, 2.05) is 6.07 Å². The van der Waals surface area contributed by atoms with Gasteiger partial charge in [0.1, 0.15) is 5.82 Å². The van der Waals surface area contributed by atoms with Crippen LogP contribution in [0.15, 0.2) is 29.3 Å². The molecule has 5 nitrogen and oxygen atoms in total. The van der Waals surface area contributed by atoms with E-state index in [0.29, 0.717) is 5.25 Å². The molecule has 2 aromatic rings. The van der Waals surface area contributed by atoms with Crippen molar-refractivity contribution in [3.8, 4) is 0 Å². The molecule has 1 atom stereocenters. The Hall–Kier alpha value is -0.960. The van der Waals surface area contributed by atoms with E-state index in [1.165, 1.54) is 24.1 Å². The molecule has 0 spiro atoms. The standard InChI is InChI=1S/C18H27N5S.HI/c1-3-19-18(21-13-15-7-6-12-24-15)20-10-11-23-14(2)22-16-8-4-5-9-17(16)23;/h4-5,8-9,15H,3,6-7,10-13H2,1-2H3,(H2,19,20,21);1H. The number of halogens is 1. The van der Waals surface area contributed by atoms with Crippen molar-refractivity contribution in [2.24, 2.45) is 4.99 Å². The van der Waals surface area contributed by atoms with Crippen LogP contribution in [0.4, 0.5) is 0 Å². The van der Waals surface area contributed by atoms with Crippen molar-refractivity contribution in [2.45, 2.75) is 38.5 Å². The number of aromatic nitrogens is 2. The molecule has 0 saturated carbocycles. The first-order valence-corrected chi connectivity index (χ1v) is 9.88. The highest BCUT2D eigenvalue weighted by molar-refractivity contribution is 14.0. The molecule has 2 heterocycles. The smallest absolute Gasteiger partial charge is 0.191 e. The van der Waals surface area contributed by atoms with Crippen LogP contribution in [0, 0.1) is 6.92 Å². The molecule has 0 bridgehead atoms. The molecular formula is C18H28IN5S. The van der Waals surface area contributed by atoms with Gasteiger partial charge in [0.25, 0.3) is 0 Å². The largest absolute Gasteiger partial charge is 0.357 e. The molecule has 3 rings (SSSR count). The summed E-state index contributed by atoms with van der Waals surface area (Å²) in [5, 5.41) is 7.49. The highest BCUT2D eigenvalue weighted by Crippen LogP contribution is 2.26. The summed E-state index contributed by atoms with van der Waals surface area (Å²) in [6, 6.07) is 8.30. The molecule has 138 valence electrons. The van der Waals surface area contributed by atoms with E-state index in [1.54, 1.807) is 0 Å². The Balaban J connectivity index is 0.00000225. The van der Waals surface area contributed by atoms with Gasteiger partial charge in [-0.1, -0.05) is 12.1 Å². The molecule has 0 radical (unpaired) electrons. The molecule has 25 heavy (non-hydrogen) atoms. The number of aliphatic imine (C=N–C) groups is 1. The molecule has 1 aliphatic rings. The lowest BCUT2D eigenvalue weighted by molar-refractivity contribution is 0.659. The van der Waals surface area contributed by atoms with Crippen LogP contribution in [0.5, 0.6) is 0 Å². The van der Waals surface area contributed by atoms with Crippen molar-refractivity contribution in [1.29, 1.82) is 0 Å². The van der Waals surface area contributed by atoms with Gasteiger partial charge in [-0.25, -0.2) is 4.98 Å². The van der Waals surface area contributed by atoms with Crippen LogP contribution in [0.2, 0.25) is 0 Å². The Bertz CT molecular complexity index is 694. The predicted molar refractivity (Wildman–Crippen MR) is 119 cm³/mol. The average Bonchev–Trinajstić information content (AvgIpc) is 3.20. The number of nitrogens with one attached hydrogen (secondary N) is 2. The maximum absolute atomic E-state index is 4.75. The second kappa shape index (κ2) is 10.3. The SMILES string of the molecule is CCNC(=NCC1CCCS1)NCCn1c(C)nc2ccccc21.I. The van der Waals surface area contributed by atoms with E-state index < -0.39 is 0 Å². The van der Waals surface area contributed by atoms with Gasteiger partial charge in [0, 0.05) is 24.9 Å². The van der Waals surface area contributed by atoms with E-state index in [2.05, 4.69) is 64.0 Å². The zero-order valence-electron chi connectivity index (χ0n) is 15.0. The van der Waals surface area contributed by atoms with Gasteiger partial charge >= 0.3 is 0 Å². The minimum absolute atomic E-state index is 0. The van der Waals surface area contributed by atoms with Crippen LogP contribution < -0.4 is 10.6 Å². The van der Waals surface area contributed by atoms with Gasteiger partial charge in [-0.3, -0.25) is 4.99 Å². The van der Waals surface area contributed by atoms with Gasteiger partial charge < -0.3 is 15.2 Å². The fourth-order valence-electron chi connectivity index (χ4n) is 3.09. The molecule has 2 N–H and O–H groups in total. The third-order valence-corrected chi connectivity index (χ3v) is 5.68. The normalized spacial score (nSPS) is 17.5. The summed E-state index contributed by atoms with van der Waals surface area (Å²) in [6.45, 7) is 7.69. The third-order valence-electron chi connectivity index (χ3n) is 4.29. The summed E-state index contributed by atoms with van der Waals surface area (Å²) >= 11 is 2.05. The predicted octanol–water partition coefficient (Wildman–Crippen LogP) is 3.41. The van der Waals surface area contributed by atoms with E-state index in [0.717, 1.165) is 43.5 Å². The first-order chi connectivity index (χ1) is 11.8.